The maximum atomic E-state index is 13.2. The maximum Gasteiger partial charge on any atom is 0.342 e. The van der Waals surface area contributed by atoms with Crippen LogP contribution in [-0.2, 0) is 43.9 Å². The first-order valence-electron chi connectivity index (χ1n) is 11.1. The average Bonchev–Trinajstić information content (AvgIpc) is 2.80. The first-order valence-corrected chi connectivity index (χ1v) is 11.1. The molecule has 4 aromatic rings. The van der Waals surface area contributed by atoms with Gasteiger partial charge in [0.05, 0.1) is 12.5 Å². The number of ether oxygens (including phenoxy) is 2. The zero-order valence-electron chi connectivity index (χ0n) is 20.6. The smallest absolute Gasteiger partial charge is 0.342 e. The maximum absolute atomic E-state index is 13.2. The van der Waals surface area contributed by atoms with Crippen LogP contribution in [0.15, 0.2) is 69.9 Å². The Morgan fingerprint density at radius 1 is 1.03 bits per heavy atom. The normalized spacial score (nSPS) is 11.1. The average molecular weight is 544 g/mol. The van der Waals surface area contributed by atoms with E-state index in [9.17, 15) is 9.59 Å². The van der Waals surface area contributed by atoms with Crippen molar-refractivity contribution in [1.29, 1.82) is 0 Å². The van der Waals surface area contributed by atoms with Gasteiger partial charge in [-0.2, -0.15) is 29.8 Å². The van der Waals surface area contributed by atoms with Crippen molar-refractivity contribution < 1.29 is 51.4 Å². The summed E-state index contributed by atoms with van der Waals surface area (Å²) in [5, 5.41) is 0.839. The molecule has 6 heteroatoms. The van der Waals surface area contributed by atoms with E-state index in [-0.39, 0.29) is 38.7 Å². The molecule has 0 aliphatic carbocycles. The van der Waals surface area contributed by atoms with Crippen molar-refractivity contribution in [3.63, 3.8) is 0 Å². The molecule has 1 aromatic heterocycles. The molecule has 0 spiro atoms. The zero-order valence-corrected chi connectivity index (χ0v) is 23.4. The topological polar surface area (TPSA) is 65.7 Å². The van der Waals surface area contributed by atoms with Gasteiger partial charge >= 0.3 is 11.6 Å². The minimum atomic E-state index is -0.587. The third-order valence-electron chi connectivity index (χ3n) is 5.69. The van der Waals surface area contributed by atoms with E-state index < -0.39 is 11.0 Å². The van der Waals surface area contributed by atoms with Gasteiger partial charge in [-0.3, -0.25) is 4.79 Å². The summed E-state index contributed by atoms with van der Waals surface area (Å²) < 4.78 is 16.5. The summed E-state index contributed by atoms with van der Waals surface area (Å²) in [5.74, 6) is 0.810. The number of carbonyl (C=O) groups is 1. The van der Waals surface area contributed by atoms with Crippen molar-refractivity contribution in [3.8, 4) is 22.6 Å². The molecule has 0 fully saturated rings. The van der Waals surface area contributed by atoms with Crippen LogP contribution in [-0.4, -0.2) is 13.1 Å². The van der Waals surface area contributed by atoms with Crippen LogP contribution >= 0.6 is 0 Å². The summed E-state index contributed by atoms with van der Waals surface area (Å²) in [6.07, 6.45) is 0.495. The van der Waals surface area contributed by atoms with Gasteiger partial charge < -0.3 is 13.9 Å². The molecule has 3 aromatic carbocycles. The molecule has 1 radical (unpaired) electrons. The van der Waals surface area contributed by atoms with Crippen molar-refractivity contribution in [1.82, 2.24) is 0 Å². The molecule has 4 rings (SSSR count). The number of hydrogen-bond donors (Lipinski definition) is 0. The molecule has 0 saturated heterocycles. The van der Waals surface area contributed by atoms with Gasteiger partial charge in [0, 0.05) is 49.7 Å². The number of hydrogen-bond acceptors (Lipinski definition) is 5. The van der Waals surface area contributed by atoms with Crippen LogP contribution in [0.4, 0.5) is 0 Å². The van der Waals surface area contributed by atoms with E-state index in [1.165, 1.54) is 0 Å². The number of aryl methyl sites for hydroxylation is 1. The van der Waals surface area contributed by atoms with Gasteiger partial charge in [-0.1, -0.05) is 19.1 Å². The van der Waals surface area contributed by atoms with Crippen molar-refractivity contribution in [2.24, 2.45) is 5.41 Å². The van der Waals surface area contributed by atoms with Gasteiger partial charge in [0.25, 0.3) is 0 Å². The molecule has 0 unspecified atom stereocenters. The Kier molecular flexibility index (Phi) is 8.35. The van der Waals surface area contributed by atoms with Crippen molar-refractivity contribution in [2.45, 2.75) is 34.1 Å². The number of benzene rings is 3. The number of fused-ring (bicyclic) bond motifs is 1. The first-order chi connectivity index (χ1) is 16.2. The summed E-state index contributed by atoms with van der Waals surface area (Å²) in [4.78, 5) is 25.4. The Labute approximate surface area is 230 Å². The fourth-order valence-electron chi connectivity index (χ4n) is 3.76. The van der Waals surface area contributed by atoms with E-state index >= 15 is 0 Å². The van der Waals surface area contributed by atoms with Crippen molar-refractivity contribution >= 4 is 16.9 Å². The molecule has 0 aliphatic rings. The van der Waals surface area contributed by atoms with Crippen LogP contribution in [0.2, 0.25) is 0 Å². The Balaban J connectivity index is 0.00000342. The number of esters is 1. The predicted molar refractivity (Wildman–Crippen MR) is 132 cm³/mol. The molecule has 0 amide bonds. The summed E-state index contributed by atoms with van der Waals surface area (Å²) >= 11 is 0. The monoisotopic (exact) mass is 544 g/mol. The van der Waals surface area contributed by atoms with E-state index in [1.54, 1.807) is 31.4 Å². The Hall–Kier alpha value is -2.76. The Morgan fingerprint density at radius 2 is 1.71 bits per heavy atom. The third-order valence-corrected chi connectivity index (χ3v) is 5.69. The molecule has 177 valence electrons. The van der Waals surface area contributed by atoms with E-state index in [0.29, 0.717) is 29.1 Å². The van der Waals surface area contributed by atoms with Crippen LogP contribution in [0, 0.1) is 18.4 Å². The van der Waals surface area contributed by atoms with E-state index in [2.05, 4.69) is 6.07 Å². The Bertz CT molecular complexity index is 1410. The molecule has 0 saturated carbocycles. The number of carbonyl (C=O) groups excluding carboxylic acids is 1. The van der Waals surface area contributed by atoms with Crippen LogP contribution in [0.25, 0.3) is 22.1 Å². The second-order valence-corrected chi connectivity index (χ2v) is 9.31. The van der Waals surface area contributed by atoms with Crippen molar-refractivity contribution in [3.05, 3.63) is 93.8 Å². The minimum Gasteiger partial charge on any atom is -0.497 e. The second kappa shape index (κ2) is 10.9. The molecule has 0 N–H and O–H groups in total. The van der Waals surface area contributed by atoms with Crippen LogP contribution in [0.3, 0.4) is 0 Å². The largest absolute Gasteiger partial charge is 0.497 e. The van der Waals surface area contributed by atoms with Gasteiger partial charge in [-0.25, -0.2) is 4.79 Å². The van der Waals surface area contributed by atoms with Gasteiger partial charge in [-0.15, -0.1) is 5.56 Å². The standard InChI is InChI=1S/C29H27O5.Y/c1-18-8-6-7-9-22(18)26-24(23-15-14-21(32-5)17-25(23)34-27(26)30)16-19-10-12-20(13-11-19)33-28(31)29(2,3)4;/h7-15,17H,16H2,1-5H3;/q-1;. The van der Waals surface area contributed by atoms with Crippen molar-refractivity contribution in [2.75, 3.05) is 7.11 Å². The molecule has 0 aliphatic heterocycles. The summed E-state index contributed by atoms with van der Waals surface area (Å²) in [7, 11) is 1.58. The molecule has 0 atom stereocenters. The second-order valence-electron chi connectivity index (χ2n) is 9.31. The first kappa shape index (κ1) is 26.8. The van der Waals surface area contributed by atoms with Gasteiger partial charge in [-0.05, 0) is 62.6 Å². The van der Waals surface area contributed by atoms with Gasteiger partial charge in [0.1, 0.15) is 17.1 Å². The fourth-order valence-corrected chi connectivity index (χ4v) is 3.76. The molecular formula is C29H27O5Y-. The predicted octanol–water partition coefficient (Wildman–Crippen LogP) is 6.12. The van der Waals surface area contributed by atoms with Crippen LogP contribution in [0.1, 0.15) is 37.5 Å². The summed E-state index contributed by atoms with van der Waals surface area (Å²) in [5.41, 5.74) is 3.61. The van der Waals surface area contributed by atoms with Gasteiger partial charge in [0.2, 0.25) is 0 Å². The quantitative estimate of drug-likeness (QED) is 0.131. The van der Waals surface area contributed by atoms with E-state index in [1.807, 2.05) is 64.1 Å². The Morgan fingerprint density at radius 3 is 2.34 bits per heavy atom. The number of methoxy groups -OCH3 is 1. The number of rotatable bonds is 5. The third kappa shape index (κ3) is 5.91. The van der Waals surface area contributed by atoms with Crippen LogP contribution in [0.5, 0.6) is 11.5 Å². The van der Waals surface area contributed by atoms with E-state index in [4.69, 9.17) is 13.9 Å². The zero-order chi connectivity index (χ0) is 24.5. The molecule has 35 heavy (non-hydrogen) atoms. The molecular weight excluding hydrogens is 517 g/mol. The SMILES string of the molecule is COc1ccc2c(Cc3ccc(OC(=O)C(C)(C)C)cc3)c(-c3cc[c-]cc3C)c(=O)oc2c1.[Y]. The molecule has 5 nitrogen and oxygen atoms in total. The minimum absolute atomic E-state index is 0. The summed E-state index contributed by atoms with van der Waals surface area (Å²) in [6, 6.07) is 21.5. The van der Waals surface area contributed by atoms with E-state index in [0.717, 1.165) is 27.6 Å². The molecule has 0 bridgehead atoms. The fraction of sp³-hybridized carbons (Fsp3) is 0.241. The summed E-state index contributed by atoms with van der Waals surface area (Å²) in [6.45, 7) is 7.40. The molecule has 1 heterocycles. The van der Waals surface area contributed by atoms with Crippen LogP contribution < -0.4 is 15.1 Å². The van der Waals surface area contributed by atoms with Gasteiger partial charge in [0.15, 0.2) is 0 Å².